The molecule has 0 radical (unpaired) electrons. The van der Waals surface area contributed by atoms with Crippen LogP contribution in [0, 0.1) is 12.8 Å². The lowest BCUT2D eigenvalue weighted by molar-refractivity contribution is 0.494. The van der Waals surface area contributed by atoms with Crippen molar-refractivity contribution in [2.75, 3.05) is 5.32 Å². The van der Waals surface area contributed by atoms with Crippen LogP contribution in [0.4, 0.5) is 5.13 Å². The fourth-order valence-corrected chi connectivity index (χ4v) is 2.73. The zero-order valence-corrected chi connectivity index (χ0v) is 11.8. The smallest absolute Gasteiger partial charge is 0.184 e. The number of hydrogen-bond donors (Lipinski definition) is 1. The number of anilines is 1. The van der Waals surface area contributed by atoms with Crippen molar-refractivity contribution in [2.45, 2.75) is 40.2 Å². The van der Waals surface area contributed by atoms with E-state index < -0.39 is 0 Å². The van der Waals surface area contributed by atoms with Gasteiger partial charge in [-0.05, 0) is 37.5 Å². The van der Waals surface area contributed by atoms with Crippen LogP contribution in [0.3, 0.4) is 0 Å². The number of fused-ring (bicyclic) bond motifs is 1. The number of nitrogens with one attached hydrogen (secondary N) is 1. The minimum atomic E-state index is 0.474. The van der Waals surface area contributed by atoms with Crippen molar-refractivity contribution in [1.82, 2.24) is 4.98 Å². The molecular formula is C14H20N2S. The van der Waals surface area contributed by atoms with E-state index in [1.165, 1.54) is 16.7 Å². The van der Waals surface area contributed by atoms with Crippen LogP contribution >= 0.6 is 11.3 Å². The maximum absolute atomic E-state index is 4.64. The van der Waals surface area contributed by atoms with Crippen LogP contribution in [0.1, 0.15) is 32.8 Å². The Morgan fingerprint density at radius 3 is 2.82 bits per heavy atom. The summed E-state index contributed by atoms with van der Waals surface area (Å²) in [5.41, 5.74) is 2.37. The maximum atomic E-state index is 4.64. The number of aromatic nitrogens is 1. The molecule has 3 heteroatoms. The van der Waals surface area contributed by atoms with Crippen molar-refractivity contribution >= 4 is 26.7 Å². The third-order valence-electron chi connectivity index (χ3n) is 3.39. The van der Waals surface area contributed by atoms with Crippen LogP contribution in [0.5, 0.6) is 0 Å². The molecular weight excluding hydrogens is 228 g/mol. The molecule has 1 heterocycles. The number of rotatable bonds is 4. The van der Waals surface area contributed by atoms with E-state index in [1.807, 2.05) is 0 Å². The Hall–Kier alpha value is -1.09. The molecule has 1 aromatic heterocycles. The summed E-state index contributed by atoms with van der Waals surface area (Å²) in [6.07, 6.45) is 1.19. The third-order valence-corrected chi connectivity index (χ3v) is 4.36. The summed E-state index contributed by atoms with van der Waals surface area (Å²) in [5.74, 6) is 0.670. The number of thiazole rings is 1. The normalized spacial score (nSPS) is 14.8. The molecule has 0 fully saturated rings. The van der Waals surface area contributed by atoms with E-state index in [0.717, 1.165) is 10.6 Å². The van der Waals surface area contributed by atoms with Crippen molar-refractivity contribution in [3.05, 3.63) is 23.8 Å². The topological polar surface area (TPSA) is 24.9 Å². The second-order valence-electron chi connectivity index (χ2n) is 4.81. The van der Waals surface area contributed by atoms with Gasteiger partial charge in [0, 0.05) is 6.04 Å². The molecule has 0 saturated carbocycles. The average molecular weight is 248 g/mol. The molecule has 2 atom stereocenters. The van der Waals surface area contributed by atoms with Crippen molar-refractivity contribution in [1.29, 1.82) is 0 Å². The fourth-order valence-electron chi connectivity index (χ4n) is 1.79. The second kappa shape index (κ2) is 5.05. The van der Waals surface area contributed by atoms with Gasteiger partial charge in [-0.15, -0.1) is 0 Å². The van der Waals surface area contributed by atoms with Gasteiger partial charge in [0.1, 0.15) is 0 Å². The number of hydrogen-bond acceptors (Lipinski definition) is 3. The molecule has 2 rings (SSSR count). The highest BCUT2D eigenvalue weighted by Crippen LogP contribution is 2.27. The lowest BCUT2D eigenvalue weighted by Gasteiger charge is -2.18. The highest BCUT2D eigenvalue weighted by molar-refractivity contribution is 7.22. The van der Waals surface area contributed by atoms with Crippen molar-refractivity contribution in [3.8, 4) is 0 Å². The van der Waals surface area contributed by atoms with Gasteiger partial charge in [-0.2, -0.15) is 0 Å². The molecule has 1 aromatic carbocycles. The van der Waals surface area contributed by atoms with E-state index in [2.05, 4.69) is 56.2 Å². The number of benzene rings is 1. The summed E-state index contributed by atoms with van der Waals surface area (Å²) >= 11 is 1.74. The molecule has 0 bridgehead atoms. The second-order valence-corrected chi connectivity index (χ2v) is 5.84. The van der Waals surface area contributed by atoms with Gasteiger partial charge in [0.25, 0.3) is 0 Å². The fraction of sp³-hybridized carbons (Fsp3) is 0.500. The molecule has 92 valence electrons. The van der Waals surface area contributed by atoms with Crippen LogP contribution in [0.2, 0.25) is 0 Å². The average Bonchev–Trinajstić information content (AvgIpc) is 2.69. The largest absolute Gasteiger partial charge is 0.359 e. The predicted octanol–water partition coefficient (Wildman–Crippen LogP) is 4.45. The summed E-state index contributed by atoms with van der Waals surface area (Å²) in [6.45, 7) is 8.83. The predicted molar refractivity (Wildman–Crippen MR) is 76.9 cm³/mol. The van der Waals surface area contributed by atoms with Crippen molar-refractivity contribution in [2.24, 2.45) is 5.92 Å². The SMILES string of the molecule is CCC(C)C(C)Nc1nc2cc(C)ccc2s1. The molecule has 0 spiro atoms. The first kappa shape index (κ1) is 12.4. The zero-order chi connectivity index (χ0) is 12.4. The van der Waals surface area contributed by atoms with Crippen LogP contribution < -0.4 is 5.32 Å². The Bertz CT molecular complexity index is 504. The molecule has 0 aliphatic rings. The lowest BCUT2D eigenvalue weighted by Crippen LogP contribution is -2.22. The minimum absolute atomic E-state index is 0.474. The molecule has 2 nitrogen and oxygen atoms in total. The van der Waals surface area contributed by atoms with E-state index in [9.17, 15) is 0 Å². The molecule has 1 N–H and O–H groups in total. The van der Waals surface area contributed by atoms with Gasteiger partial charge in [0.2, 0.25) is 0 Å². The van der Waals surface area contributed by atoms with Gasteiger partial charge in [0.15, 0.2) is 5.13 Å². The monoisotopic (exact) mass is 248 g/mol. The van der Waals surface area contributed by atoms with E-state index in [0.29, 0.717) is 12.0 Å². The summed E-state index contributed by atoms with van der Waals surface area (Å²) in [4.78, 5) is 4.64. The Morgan fingerprint density at radius 2 is 2.12 bits per heavy atom. The molecule has 0 aliphatic heterocycles. The molecule has 2 unspecified atom stereocenters. The first-order chi connectivity index (χ1) is 8.10. The zero-order valence-electron chi connectivity index (χ0n) is 10.9. The summed E-state index contributed by atoms with van der Waals surface area (Å²) < 4.78 is 1.26. The first-order valence-corrected chi connectivity index (χ1v) is 7.05. The molecule has 2 aromatic rings. The third kappa shape index (κ3) is 2.78. The van der Waals surface area contributed by atoms with Gasteiger partial charge in [-0.1, -0.05) is 37.7 Å². The van der Waals surface area contributed by atoms with E-state index in [4.69, 9.17) is 0 Å². The van der Waals surface area contributed by atoms with E-state index >= 15 is 0 Å². The summed E-state index contributed by atoms with van der Waals surface area (Å²) in [7, 11) is 0. The first-order valence-electron chi connectivity index (χ1n) is 6.24. The quantitative estimate of drug-likeness (QED) is 0.864. The Morgan fingerprint density at radius 1 is 1.35 bits per heavy atom. The van der Waals surface area contributed by atoms with Gasteiger partial charge in [-0.3, -0.25) is 0 Å². The van der Waals surface area contributed by atoms with Gasteiger partial charge in [-0.25, -0.2) is 4.98 Å². The van der Waals surface area contributed by atoms with E-state index in [1.54, 1.807) is 11.3 Å². The van der Waals surface area contributed by atoms with Crippen molar-refractivity contribution in [3.63, 3.8) is 0 Å². The lowest BCUT2D eigenvalue weighted by atomic mass is 10.0. The van der Waals surface area contributed by atoms with Crippen LogP contribution in [0.25, 0.3) is 10.2 Å². The Balaban J connectivity index is 2.19. The summed E-state index contributed by atoms with van der Waals surface area (Å²) in [5, 5.41) is 4.55. The van der Waals surface area contributed by atoms with Crippen molar-refractivity contribution < 1.29 is 0 Å². The summed E-state index contributed by atoms with van der Waals surface area (Å²) in [6, 6.07) is 6.91. The molecule has 17 heavy (non-hydrogen) atoms. The molecule has 0 saturated heterocycles. The van der Waals surface area contributed by atoms with Gasteiger partial charge in [0.05, 0.1) is 10.2 Å². The highest BCUT2D eigenvalue weighted by atomic mass is 32.1. The van der Waals surface area contributed by atoms with Gasteiger partial charge < -0.3 is 5.32 Å². The number of nitrogens with zero attached hydrogens (tertiary/aromatic N) is 1. The van der Waals surface area contributed by atoms with Crippen LogP contribution in [0.15, 0.2) is 18.2 Å². The molecule has 0 amide bonds. The Kier molecular flexibility index (Phi) is 3.67. The molecule has 0 aliphatic carbocycles. The highest BCUT2D eigenvalue weighted by Gasteiger charge is 2.12. The van der Waals surface area contributed by atoms with E-state index in [-0.39, 0.29) is 0 Å². The van der Waals surface area contributed by atoms with Crippen LogP contribution in [-0.2, 0) is 0 Å². The minimum Gasteiger partial charge on any atom is -0.359 e. The maximum Gasteiger partial charge on any atom is 0.184 e. The van der Waals surface area contributed by atoms with Gasteiger partial charge >= 0.3 is 0 Å². The Labute approximate surface area is 107 Å². The standard InChI is InChI=1S/C14H20N2S/c1-5-10(3)11(4)15-14-16-12-8-9(2)6-7-13(12)17-14/h6-8,10-11H,5H2,1-4H3,(H,15,16). The number of aryl methyl sites for hydroxylation is 1. The van der Waals surface area contributed by atoms with Crippen LogP contribution in [-0.4, -0.2) is 11.0 Å².